The van der Waals surface area contributed by atoms with Gasteiger partial charge in [-0.25, -0.2) is 9.78 Å². The number of rotatable bonds is 3. The van der Waals surface area contributed by atoms with Crippen molar-refractivity contribution in [3.05, 3.63) is 10.6 Å². The molecule has 1 aromatic heterocycles. The molecule has 1 fully saturated rings. The SMILES string of the molecule is CC1CCCN(c2nc(C(C)C)c(C(=O)O)s2)C1. The zero-order chi connectivity index (χ0) is 13.3. The number of carbonyl (C=O) groups is 1. The monoisotopic (exact) mass is 268 g/mol. The van der Waals surface area contributed by atoms with Crippen molar-refractivity contribution in [2.24, 2.45) is 5.92 Å². The van der Waals surface area contributed by atoms with Crippen molar-refractivity contribution in [1.29, 1.82) is 0 Å². The minimum Gasteiger partial charge on any atom is -0.477 e. The van der Waals surface area contributed by atoms with Crippen molar-refractivity contribution in [3.8, 4) is 0 Å². The molecule has 0 amide bonds. The van der Waals surface area contributed by atoms with Gasteiger partial charge in [-0.05, 0) is 24.7 Å². The second-order valence-corrected chi connectivity index (χ2v) is 6.34. The average molecular weight is 268 g/mol. The Morgan fingerprint density at radius 1 is 1.56 bits per heavy atom. The summed E-state index contributed by atoms with van der Waals surface area (Å²) in [4.78, 5) is 18.4. The van der Waals surface area contributed by atoms with E-state index in [1.165, 1.54) is 24.2 Å². The summed E-state index contributed by atoms with van der Waals surface area (Å²) < 4.78 is 0. The quantitative estimate of drug-likeness (QED) is 0.914. The number of aromatic nitrogens is 1. The molecule has 1 aliphatic heterocycles. The van der Waals surface area contributed by atoms with E-state index in [9.17, 15) is 9.90 Å². The number of thiazole rings is 1. The third-order valence-electron chi connectivity index (χ3n) is 3.31. The van der Waals surface area contributed by atoms with Crippen molar-refractivity contribution < 1.29 is 9.90 Å². The Bertz CT molecular complexity index is 442. The lowest BCUT2D eigenvalue weighted by atomic mass is 10.0. The van der Waals surface area contributed by atoms with Crippen LogP contribution in [0.25, 0.3) is 0 Å². The lowest BCUT2D eigenvalue weighted by molar-refractivity contribution is 0.0700. The number of hydrogen-bond acceptors (Lipinski definition) is 4. The van der Waals surface area contributed by atoms with Crippen molar-refractivity contribution in [2.75, 3.05) is 18.0 Å². The number of aromatic carboxylic acids is 1. The molecular formula is C13H20N2O2S. The first kappa shape index (κ1) is 13.3. The summed E-state index contributed by atoms with van der Waals surface area (Å²) in [6, 6.07) is 0. The topological polar surface area (TPSA) is 53.4 Å². The largest absolute Gasteiger partial charge is 0.477 e. The number of anilines is 1. The molecule has 100 valence electrons. The Hall–Kier alpha value is -1.10. The van der Waals surface area contributed by atoms with Crippen LogP contribution in [0.3, 0.4) is 0 Å². The first-order valence-corrected chi connectivity index (χ1v) is 7.29. The van der Waals surface area contributed by atoms with E-state index in [0.29, 0.717) is 10.8 Å². The van der Waals surface area contributed by atoms with Gasteiger partial charge in [0, 0.05) is 13.1 Å². The maximum absolute atomic E-state index is 11.2. The fraction of sp³-hybridized carbons (Fsp3) is 0.692. The predicted molar refractivity (Wildman–Crippen MR) is 73.8 cm³/mol. The Kier molecular flexibility index (Phi) is 3.90. The van der Waals surface area contributed by atoms with Gasteiger partial charge in [-0.3, -0.25) is 0 Å². The van der Waals surface area contributed by atoms with E-state index in [1.807, 2.05) is 13.8 Å². The van der Waals surface area contributed by atoms with Gasteiger partial charge in [0.2, 0.25) is 0 Å². The summed E-state index contributed by atoms with van der Waals surface area (Å²) in [6.07, 6.45) is 2.42. The summed E-state index contributed by atoms with van der Waals surface area (Å²) in [5, 5.41) is 10.1. The van der Waals surface area contributed by atoms with Gasteiger partial charge in [0.05, 0.1) is 5.69 Å². The fourth-order valence-electron chi connectivity index (χ4n) is 2.36. The lowest BCUT2D eigenvalue weighted by Crippen LogP contribution is -2.34. The molecule has 0 aliphatic carbocycles. The molecule has 18 heavy (non-hydrogen) atoms. The fourth-order valence-corrected chi connectivity index (χ4v) is 3.46. The van der Waals surface area contributed by atoms with Gasteiger partial charge in [0.15, 0.2) is 5.13 Å². The van der Waals surface area contributed by atoms with Crippen LogP contribution in [0.2, 0.25) is 0 Å². The van der Waals surface area contributed by atoms with E-state index in [-0.39, 0.29) is 5.92 Å². The number of carboxylic acids is 1. The van der Waals surface area contributed by atoms with E-state index in [4.69, 9.17) is 0 Å². The lowest BCUT2D eigenvalue weighted by Gasteiger charge is -2.30. The van der Waals surface area contributed by atoms with Gasteiger partial charge in [0.25, 0.3) is 0 Å². The second-order valence-electron chi connectivity index (χ2n) is 5.36. The van der Waals surface area contributed by atoms with Crippen LogP contribution in [0.15, 0.2) is 0 Å². The van der Waals surface area contributed by atoms with Crippen LogP contribution in [0.5, 0.6) is 0 Å². The van der Waals surface area contributed by atoms with Gasteiger partial charge in [-0.15, -0.1) is 0 Å². The summed E-state index contributed by atoms with van der Waals surface area (Å²) in [5.74, 6) is -0.0331. The maximum Gasteiger partial charge on any atom is 0.347 e. The van der Waals surface area contributed by atoms with Crippen LogP contribution in [0.4, 0.5) is 5.13 Å². The molecule has 0 spiro atoms. The van der Waals surface area contributed by atoms with E-state index >= 15 is 0 Å². The Morgan fingerprint density at radius 2 is 2.28 bits per heavy atom. The molecule has 5 heteroatoms. The maximum atomic E-state index is 11.2. The normalized spacial score (nSPS) is 20.4. The zero-order valence-electron chi connectivity index (χ0n) is 11.1. The molecule has 1 saturated heterocycles. The van der Waals surface area contributed by atoms with Gasteiger partial charge in [-0.2, -0.15) is 0 Å². The Morgan fingerprint density at radius 3 is 2.78 bits per heavy atom. The zero-order valence-corrected chi connectivity index (χ0v) is 12.0. The average Bonchev–Trinajstić information content (AvgIpc) is 2.73. The van der Waals surface area contributed by atoms with Gasteiger partial charge in [0.1, 0.15) is 4.88 Å². The third kappa shape index (κ3) is 2.66. The standard InChI is InChI=1S/C13H20N2O2S/c1-8(2)10-11(12(16)17)18-13(14-10)15-6-4-5-9(3)7-15/h8-9H,4-7H2,1-3H3,(H,16,17). The molecule has 1 N–H and O–H groups in total. The van der Waals surface area contributed by atoms with Gasteiger partial charge >= 0.3 is 5.97 Å². The van der Waals surface area contributed by atoms with Crippen molar-refractivity contribution in [1.82, 2.24) is 4.98 Å². The van der Waals surface area contributed by atoms with Crippen molar-refractivity contribution >= 4 is 22.4 Å². The molecule has 4 nitrogen and oxygen atoms in total. The first-order chi connectivity index (χ1) is 8.49. The van der Waals surface area contributed by atoms with E-state index < -0.39 is 5.97 Å². The van der Waals surface area contributed by atoms with Crippen LogP contribution in [-0.2, 0) is 0 Å². The summed E-state index contributed by atoms with van der Waals surface area (Å²) in [7, 11) is 0. The van der Waals surface area contributed by atoms with Gasteiger partial charge < -0.3 is 10.0 Å². The number of carboxylic acid groups (broad SMARTS) is 1. The van der Waals surface area contributed by atoms with E-state index in [1.54, 1.807) is 0 Å². The first-order valence-electron chi connectivity index (χ1n) is 6.48. The molecule has 1 unspecified atom stereocenters. The summed E-state index contributed by atoms with van der Waals surface area (Å²) in [6.45, 7) is 8.20. The highest BCUT2D eigenvalue weighted by Gasteiger charge is 2.24. The number of nitrogens with zero attached hydrogens (tertiary/aromatic N) is 2. The summed E-state index contributed by atoms with van der Waals surface area (Å²) in [5.41, 5.74) is 0.723. The number of hydrogen-bond donors (Lipinski definition) is 1. The smallest absolute Gasteiger partial charge is 0.347 e. The van der Waals surface area contributed by atoms with Crippen LogP contribution in [0, 0.1) is 5.92 Å². The molecule has 0 radical (unpaired) electrons. The predicted octanol–water partition coefficient (Wildman–Crippen LogP) is 3.20. The minimum absolute atomic E-state index is 0.156. The van der Waals surface area contributed by atoms with E-state index in [2.05, 4.69) is 16.8 Å². The highest BCUT2D eigenvalue weighted by molar-refractivity contribution is 7.17. The molecule has 1 atom stereocenters. The molecule has 1 aromatic rings. The molecule has 2 rings (SSSR count). The van der Waals surface area contributed by atoms with Crippen molar-refractivity contribution in [3.63, 3.8) is 0 Å². The molecular weight excluding hydrogens is 248 g/mol. The summed E-state index contributed by atoms with van der Waals surface area (Å²) >= 11 is 1.32. The van der Waals surface area contributed by atoms with Crippen molar-refractivity contribution in [2.45, 2.75) is 39.5 Å². The minimum atomic E-state index is -0.854. The van der Waals surface area contributed by atoms with Crippen LogP contribution in [-0.4, -0.2) is 29.1 Å². The van der Waals surface area contributed by atoms with Crippen LogP contribution >= 0.6 is 11.3 Å². The van der Waals surface area contributed by atoms with Crippen LogP contribution < -0.4 is 4.90 Å². The Balaban J connectivity index is 2.28. The second kappa shape index (κ2) is 5.26. The van der Waals surface area contributed by atoms with E-state index in [0.717, 1.165) is 23.9 Å². The molecule has 0 saturated carbocycles. The molecule has 2 heterocycles. The van der Waals surface area contributed by atoms with Crippen LogP contribution in [0.1, 0.15) is 54.9 Å². The number of piperidine rings is 1. The third-order valence-corrected chi connectivity index (χ3v) is 4.43. The Labute approximate surface area is 112 Å². The molecule has 0 bridgehead atoms. The highest BCUT2D eigenvalue weighted by atomic mass is 32.1. The highest BCUT2D eigenvalue weighted by Crippen LogP contribution is 2.32. The molecule has 0 aromatic carbocycles. The van der Waals surface area contributed by atoms with Gasteiger partial charge in [-0.1, -0.05) is 32.1 Å². The molecule has 1 aliphatic rings.